The van der Waals surface area contributed by atoms with Crippen LogP contribution in [0.2, 0.25) is 0 Å². The third-order valence-electron chi connectivity index (χ3n) is 5.85. The predicted molar refractivity (Wildman–Crippen MR) is 100 cm³/mol. The molecular formula is C21H22N2O4. The highest BCUT2D eigenvalue weighted by Gasteiger charge is 2.48. The Hall–Kier alpha value is -2.86. The number of hydrogen-bond donors (Lipinski definition) is 2. The van der Waals surface area contributed by atoms with Gasteiger partial charge in [-0.15, -0.1) is 0 Å². The lowest BCUT2D eigenvalue weighted by Crippen LogP contribution is -2.38. The summed E-state index contributed by atoms with van der Waals surface area (Å²) in [6.07, 6.45) is 3.02. The smallest absolute Gasteiger partial charge is 0.274 e. The van der Waals surface area contributed by atoms with Crippen molar-refractivity contribution in [1.29, 1.82) is 0 Å². The average Bonchev–Trinajstić information content (AvgIpc) is 3.02. The van der Waals surface area contributed by atoms with Crippen molar-refractivity contribution in [2.45, 2.75) is 25.7 Å². The summed E-state index contributed by atoms with van der Waals surface area (Å²) in [5.74, 6) is 0.391. The van der Waals surface area contributed by atoms with E-state index in [0.717, 1.165) is 41.8 Å². The topological polar surface area (TPSA) is 78.9 Å². The van der Waals surface area contributed by atoms with Crippen molar-refractivity contribution in [3.8, 4) is 5.75 Å². The van der Waals surface area contributed by atoms with Crippen LogP contribution in [0.15, 0.2) is 42.5 Å². The first-order chi connectivity index (χ1) is 13.1. The Labute approximate surface area is 157 Å². The number of aryl methyl sites for hydroxylation is 1. The van der Waals surface area contributed by atoms with Crippen molar-refractivity contribution < 1.29 is 19.5 Å². The SMILES string of the molecule is COc1cccc(N2CCC3(CCc4cc(C(=O)NO)ccc4C3)C2=O)c1. The molecule has 1 unspecified atom stereocenters. The number of anilines is 1. The van der Waals surface area contributed by atoms with Gasteiger partial charge in [-0.25, -0.2) is 5.48 Å². The number of ether oxygens (including phenoxy) is 1. The second-order valence-corrected chi connectivity index (χ2v) is 7.29. The zero-order valence-electron chi connectivity index (χ0n) is 15.2. The molecule has 0 radical (unpaired) electrons. The summed E-state index contributed by atoms with van der Waals surface area (Å²) in [7, 11) is 1.62. The zero-order valence-corrected chi connectivity index (χ0v) is 15.2. The number of carbonyl (C=O) groups excluding carboxylic acids is 2. The fourth-order valence-corrected chi connectivity index (χ4v) is 4.31. The van der Waals surface area contributed by atoms with E-state index in [1.54, 1.807) is 18.7 Å². The van der Waals surface area contributed by atoms with Crippen LogP contribution >= 0.6 is 0 Å². The summed E-state index contributed by atoms with van der Waals surface area (Å²) in [4.78, 5) is 26.8. The molecule has 1 saturated heterocycles. The lowest BCUT2D eigenvalue weighted by Gasteiger charge is -2.33. The van der Waals surface area contributed by atoms with Crippen molar-refractivity contribution in [1.82, 2.24) is 5.48 Å². The molecule has 1 heterocycles. The Balaban J connectivity index is 1.59. The number of hydrogen-bond acceptors (Lipinski definition) is 4. The Bertz CT molecular complexity index is 911. The summed E-state index contributed by atoms with van der Waals surface area (Å²) in [5, 5.41) is 8.81. The number of methoxy groups -OCH3 is 1. The monoisotopic (exact) mass is 366 g/mol. The molecule has 0 bridgehead atoms. The normalized spacial score (nSPS) is 21.3. The molecule has 1 aliphatic heterocycles. The predicted octanol–water partition coefficient (Wildman–Crippen LogP) is 2.73. The Morgan fingerprint density at radius 3 is 2.81 bits per heavy atom. The molecule has 2 amide bonds. The molecule has 4 rings (SSSR count). The van der Waals surface area contributed by atoms with E-state index in [1.165, 1.54) is 0 Å². The second kappa shape index (κ2) is 6.70. The minimum atomic E-state index is -0.515. The van der Waals surface area contributed by atoms with Gasteiger partial charge in [0.25, 0.3) is 5.91 Å². The van der Waals surface area contributed by atoms with Gasteiger partial charge in [-0.2, -0.15) is 0 Å². The van der Waals surface area contributed by atoms with Crippen LogP contribution in [-0.4, -0.2) is 30.7 Å². The molecule has 6 nitrogen and oxygen atoms in total. The van der Waals surface area contributed by atoms with Crippen LogP contribution in [-0.2, 0) is 17.6 Å². The van der Waals surface area contributed by atoms with Crippen LogP contribution in [0.25, 0.3) is 0 Å². The summed E-state index contributed by atoms with van der Waals surface area (Å²) >= 11 is 0. The molecule has 1 aliphatic carbocycles. The van der Waals surface area contributed by atoms with Gasteiger partial charge in [-0.1, -0.05) is 12.1 Å². The Morgan fingerprint density at radius 2 is 2.04 bits per heavy atom. The van der Waals surface area contributed by atoms with Gasteiger partial charge in [0.15, 0.2) is 0 Å². The van der Waals surface area contributed by atoms with Gasteiger partial charge < -0.3 is 9.64 Å². The van der Waals surface area contributed by atoms with Gasteiger partial charge in [0.1, 0.15) is 5.75 Å². The first-order valence-electron chi connectivity index (χ1n) is 9.08. The number of nitrogens with zero attached hydrogens (tertiary/aromatic N) is 1. The minimum absolute atomic E-state index is 0.165. The molecule has 2 N–H and O–H groups in total. The molecule has 1 atom stereocenters. The van der Waals surface area contributed by atoms with Crippen molar-refractivity contribution in [3.05, 3.63) is 59.2 Å². The van der Waals surface area contributed by atoms with E-state index in [0.29, 0.717) is 18.5 Å². The standard InChI is InChI=1S/C21H22N2O4/c1-27-18-4-2-3-17(12-18)23-10-9-21(20(23)25)8-7-14-11-15(19(24)22-26)5-6-16(14)13-21/h2-6,11-12,26H,7-10,13H2,1H3,(H,22,24). The van der Waals surface area contributed by atoms with E-state index in [4.69, 9.17) is 9.94 Å². The molecule has 0 aromatic heterocycles. The van der Waals surface area contributed by atoms with E-state index in [1.807, 2.05) is 41.3 Å². The summed E-state index contributed by atoms with van der Waals surface area (Å²) < 4.78 is 5.28. The zero-order chi connectivity index (χ0) is 19.0. The lowest BCUT2D eigenvalue weighted by molar-refractivity contribution is -0.126. The maximum Gasteiger partial charge on any atom is 0.274 e. The molecule has 1 spiro atoms. The van der Waals surface area contributed by atoms with Crippen molar-refractivity contribution in [2.24, 2.45) is 5.41 Å². The average molecular weight is 366 g/mol. The van der Waals surface area contributed by atoms with E-state index in [-0.39, 0.29) is 11.3 Å². The van der Waals surface area contributed by atoms with Crippen LogP contribution in [0.4, 0.5) is 5.69 Å². The number of rotatable bonds is 3. The molecule has 6 heteroatoms. The van der Waals surface area contributed by atoms with Crippen LogP contribution in [0.5, 0.6) is 5.75 Å². The Morgan fingerprint density at radius 1 is 1.19 bits per heavy atom. The van der Waals surface area contributed by atoms with Crippen LogP contribution in [0.1, 0.15) is 34.3 Å². The van der Waals surface area contributed by atoms with Crippen molar-refractivity contribution in [3.63, 3.8) is 0 Å². The first-order valence-corrected chi connectivity index (χ1v) is 9.08. The molecule has 2 aliphatic rings. The largest absolute Gasteiger partial charge is 0.497 e. The number of amides is 2. The lowest BCUT2D eigenvalue weighted by atomic mass is 9.70. The highest BCUT2D eigenvalue weighted by molar-refractivity contribution is 6.00. The highest BCUT2D eigenvalue weighted by Crippen LogP contribution is 2.45. The fraction of sp³-hybridized carbons (Fsp3) is 0.333. The maximum absolute atomic E-state index is 13.3. The molecule has 27 heavy (non-hydrogen) atoms. The summed E-state index contributed by atoms with van der Waals surface area (Å²) in [6.45, 7) is 0.701. The molecule has 0 saturated carbocycles. The first kappa shape index (κ1) is 17.5. The van der Waals surface area contributed by atoms with Gasteiger partial charge in [-0.05, 0) is 61.1 Å². The fourth-order valence-electron chi connectivity index (χ4n) is 4.31. The number of hydroxylamine groups is 1. The van der Waals surface area contributed by atoms with Gasteiger partial charge in [0.05, 0.1) is 12.5 Å². The van der Waals surface area contributed by atoms with Crippen LogP contribution in [0.3, 0.4) is 0 Å². The highest BCUT2D eigenvalue weighted by atomic mass is 16.5. The van der Waals surface area contributed by atoms with Crippen molar-refractivity contribution in [2.75, 3.05) is 18.6 Å². The third kappa shape index (κ3) is 2.96. The van der Waals surface area contributed by atoms with Gasteiger partial charge in [-0.3, -0.25) is 14.8 Å². The van der Waals surface area contributed by atoms with Crippen LogP contribution in [0, 0.1) is 5.41 Å². The second-order valence-electron chi connectivity index (χ2n) is 7.29. The number of benzene rings is 2. The van der Waals surface area contributed by atoms with Gasteiger partial charge in [0, 0.05) is 23.9 Å². The van der Waals surface area contributed by atoms with E-state index in [2.05, 4.69) is 0 Å². The number of fused-ring (bicyclic) bond motifs is 1. The van der Waals surface area contributed by atoms with Crippen LogP contribution < -0.4 is 15.1 Å². The number of carbonyl (C=O) groups is 2. The molecule has 140 valence electrons. The number of nitrogens with one attached hydrogen (secondary N) is 1. The minimum Gasteiger partial charge on any atom is -0.497 e. The molecule has 2 aromatic carbocycles. The molecule has 2 aromatic rings. The quantitative estimate of drug-likeness (QED) is 0.647. The maximum atomic E-state index is 13.3. The molecule has 1 fully saturated rings. The van der Waals surface area contributed by atoms with E-state index in [9.17, 15) is 9.59 Å². The van der Waals surface area contributed by atoms with E-state index < -0.39 is 5.91 Å². The molecular weight excluding hydrogens is 344 g/mol. The van der Waals surface area contributed by atoms with Gasteiger partial charge >= 0.3 is 0 Å². The van der Waals surface area contributed by atoms with Gasteiger partial charge in [0.2, 0.25) is 5.91 Å². The summed E-state index contributed by atoms with van der Waals surface area (Å²) in [5.41, 5.74) is 4.78. The Kier molecular flexibility index (Phi) is 4.36. The van der Waals surface area contributed by atoms with Crippen molar-refractivity contribution >= 4 is 17.5 Å². The van der Waals surface area contributed by atoms with E-state index >= 15 is 0 Å². The third-order valence-corrected chi connectivity index (χ3v) is 5.85. The summed E-state index contributed by atoms with van der Waals surface area (Å²) in [6, 6.07) is 13.0.